The fraction of sp³-hybridized carbons (Fsp3) is 0.545. The Morgan fingerprint density at radius 1 is 1.47 bits per heavy atom. The minimum Gasteiger partial charge on any atom is -0.365 e. The summed E-state index contributed by atoms with van der Waals surface area (Å²) >= 11 is 0. The van der Waals surface area contributed by atoms with Crippen LogP contribution in [0.4, 0.5) is 5.82 Å². The molecule has 0 radical (unpaired) electrons. The van der Waals surface area contributed by atoms with Crippen LogP contribution in [0.15, 0.2) is 12.4 Å². The zero-order valence-electron chi connectivity index (χ0n) is 9.20. The summed E-state index contributed by atoms with van der Waals surface area (Å²) in [6.07, 6.45) is 6.56. The third kappa shape index (κ3) is 3.55. The third-order valence-electron chi connectivity index (χ3n) is 2.18. The lowest BCUT2D eigenvalue weighted by Crippen LogP contribution is -2.17. The Morgan fingerprint density at radius 3 is 2.87 bits per heavy atom. The Balaban J connectivity index is 2.60. The smallest absolute Gasteiger partial charge is 0.182 e. The lowest BCUT2D eigenvalue weighted by Gasteiger charge is -2.13. The van der Waals surface area contributed by atoms with Gasteiger partial charge in [0.1, 0.15) is 6.07 Å². The number of rotatable bonds is 5. The first-order chi connectivity index (χ1) is 7.27. The van der Waals surface area contributed by atoms with Crippen molar-refractivity contribution in [3.05, 3.63) is 18.1 Å². The number of aromatic nitrogens is 2. The van der Waals surface area contributed by atoms with Crippen molar-refractivity contribution < 1.29 is 0 Å². The maximum atomic E-state index is 8.81. The van der Waals surface area contributed by atoms with E-state index in [-0.39, 0.29) is 0 Å². The van der Waals surface area contributed by atoms with Crippen molar-refractivity contribution in [2.24, 2.45) is 0 Å². The molecule has 0 spiro atoms. The van der Waals surface area contributed by atoms with E-state index in [0.717, 1.165) is 6.42 Å². The highest BCUT2D eigenvalue weighted by molar-refractivity contribution is 5.47. The molecule has 1 N–H and O–H groups in total. The SMILES string of the molecule is CCCCC(C)Nc1nccnc1C#N. The monoisotopic (exact) mass is 204 g/mol. The number of unbranched alkanes of at least 4 members (excludes halogenated alkanes) is 1. The molecule has 0 aromatic carbocycles. The second-order valence-electron chi connectivity index (χ2n) is 3.55. The van der Waals surface area contributed by atoms with Crippen molar-refractivity contribution in [3.8, 4) is 6.07 Å². The number of nitriles is 1. The van der Waals surface area contributed by atoms with Gasteiger partial charge in [-0.2, -0.15) is 5.26 Å². The average Bonchev–Trinajstić information content (AvgIpc) is 2.27. The quantitative estimate of drug-likeness (QED) is 0.799. The van der Waals surface area contributed by atoms with Crippen LogP contribution in [0.5, 0.6) is 0 Å². The summed E-state index contributed by atoms with van der Waals surface area (Å²) in [5.74, 6) is 0.587. The summed E-state index contributed by atoms with van der Waals surface area (Å²) in [5.41, 5.74) is 0.362. The topological polar surface area (TPSA) is 61.6 Å². The van der Waals surface area contributed by atoms with Crippen LogP contribution in [-0.4, -0.2) is 16.0 Å². The van der Waals surface area contributed by atoms with Crippen LogP contribution in [0.2, 0.25) is 0 Å². The van der Waals surface area contributed by atoms with E-state index in [1.54, 1.807) is 6.20 Å². The average molecular weight is 204 g/mol. The van der Waals surface area contributed by atoms with Gasteiger partial charge in [0.25, 0.3) is 0 Å². The second-order valence-corrected chi connectivity index (χ2v) is 3.55. The van der Waals surface area contributed by atoms with Gasteiger partial charge in [0.05, 0.1) is 0 Å². The molecule has 4 heteroatoms. The van der Waals surface area contributed by atoms with Gasteiger partial charge in [-0.3, -0.25) is 0 Å². The van der Waals surface area contributed by atoms with Crippen LogP contribution in [0.25, 0.3) is 0 Å². The predicted molar refractivity (Wildman–Crippen MR) is 59.4 cm³/mol. The summed E-state index contributed by atoms with van der Waals surface area (Å²) in [6, 6.07) is 2.35. The van der Waals surface area contributed by atoms with Crippen molar-refractivity contribution in [3.63, 3.8) is 0 Å². The number of anilines is 1. The van der Waals surface area contributed by atoms with Gasteiger partial charge >= 0.3 is 0 Å². The highest BCUT2D eigenvalue weighted by Gasteiger charge is 2.07. The molecule has 0 saturated carbocycles. The Bertz CT molecular complexity index is 343. The zero-order valence-corrected chi connectivity index (χ0v) is 9.20. The molecule has 1 aromatic rings. The Labute approximate surface area is 90.4 Å². The summed E-state index contributed by atoms with van der Waals surface area (Å²) in [6.45, 7) is 4.25. The van der Waals surface area contributed by atoms with Crippen molar-refractivity contribution in [2.45, 2.75) is 39.2 Å². The maximum Gasteiger partial charge on any atom is 0.182 e. The van der Waals surface area contributed by atoms with Crippen LogP contribution in [-0.2, 0) is 0 Å². The lowest BCUT2D eigenvalue weighted by atomic mass is 10.1. The van der Waals surface area contributed by atoms with Gasteiger partial charge in [-0.1, -0.05) is 19.8 Å². The Morgan fingerprint density at radius 2 is 2.20 bits per heavy atom. The first-order valence-corrected chi connectivity index (χ1v) is 5.25. The van der Waals surface area contributed by atoms with Gasteiger partial charge < -0.3 is 5.32 Å². The molecule has 4 nitrogen and oxygen atoms in total. The predicted octanol–water partition coefficient (Wildman–Crippen LogP) is 2.34. The molecule has 1 heterocycles. The van der Waals surface area contributed by atoms with Crippen molar-refractivity contribution in [1.82, 2.24) is 9.97 Å². The Kier molecular flexibility index (Phi) is 4.55. The van der Waals surface area contributed by atoms with Gasteiger partial charge in [0.15, 0.2) is 11.5 Å². The fourth-order valence-electron chi connectivity index (χ4n) is 1.34. The summed E-state index contributed by atoms with van der Waals surface area (Å²) in [4.78, 5) is 8.05. The fourth-order valence-corrected chi connectivity index (χ4v) is 1.34. The van der Waals surface area contributed by atoms with Crippen LogP contribution in [0.3, 0.4) is 0 Å². The molecule has 0 bridgehead atoms. The molecule has 0 aliphatic rings. The van der Waals surface area contributed by atoms with Crippen LogP contribution in [0, 0.1) is 11.3 Å². The van der Waals surface area contributed by atoms with E-state index in [0.29, 0.717) is 17.6 Å². The molecule has 1 unspecified atom stereocenters. The first kappa shape index (κ1) is 11.4. The molecule has 0 aliphatic heterocycles. The minimum absolute atomic E-state index is 0.328. The van der Waals surface area contributed by atoms with E-state index in [2.05, 4.69) is 29.1 Å². The van der Waals surface area contributed by atoms with E-state index in [4.69, 9.17) is 5.26 Å². The lowest BCUT2D eigenvalue weighted by molar-refractivity contribution is 0.642. The number of nitrogens with zero attached hydrogens (tertiary/aromatic N) is 3. The third-order valence-corrected chi connectivity index (χ3v) is 2.18. The standard InChI is InChI=1S/C11H16N4/c1-3-4-5-9(2)15-11-10(8-12)13-6-7-14-11/h6-7,9H,3-5H2,1-2H3,(H,14,15). The molecule has 80 valence electrons. The Hall–Kier alpha value is -1.63. The molecule has 1 atom stereocenters. The molecule has 0 saturated heterocycles. The van der Waals surface area contributed by atoms with Crippen molar-refractivity contribution in [2.75, 3.05) is 5.32 Å². The van der Waals surface area contributed by atoms with Crippen LogP contribution < -0.4 is 5.32 Å². The highest BCUT2D eigenvalue weighted by Crippen LogP contribution is 2.10. The molecule has 0 amide bonds. The number of hydrogen-bond acceptors (Lipinski definition) is 4. The molecular formula is C11H16N4. The zero-order chi connectivity index (χ0) is 11.1. The van der Waals surface area contributed by atoms with E-state index < -0.39 is 0 Å². The summed E-state index contributed by atoms with van der Waals surface area (Å²) in [5, 5.41) is 12.0. The van der Waals surface area contributed by atoms with Crippen molar-refractivity contribution >= 4 is 5.82 Å². The van der Waals surface area contributed by atoms with Gasteiger partial charge in [-0.05, 0) is 13.3 Å². The highest BCUT2D eigenvalue weighted by atomic mass is 15.0. The second kappa shape index (κ2) is 5.97. The van der Waals surface area contributed by atoms with E-state index >= 15 is 0 Å². The maximum absolute atomic E-state index is 8.81. The molecule has 15 heavy (non-hydrogen) atoms. The molecule has 0 aliphatic carbocycles. The van der Waals surface area contributed by atoms with Gasteiger partial charge in [0, 0.05) is 18.4 Å². The van der Waals surface area contributed by atoms with Crippen LogP contribution in [0.1, 0.15) is 38.8 Å². The van der Waals surface area contributed by atoms with Gasteiger partial charge in [-0.15, -0.1) is 0 Å². The van der Waals surface area contributed by atoms with E-state index in [9.17, 15) is 0 Å². The largest absolute Gasteiger partial charge is 0.365 e. The number of nitrogens with one attached hydrogen (secondary N) is 1. The van der Waals surface area contributed by atoms with E-state index in [1.165, 1.54) is 19.0 Å². The minimum atomic E-state index is 0.328. The normalized spacial score (nSPS) is 11.8. The van der Waals surface area contributed by atoms with Crippen LogP contribution >= 0.6 is 0 Å². The molecule has 1 aromatic heterocycles. The van der Waals surface area contributed by atoms with Gasteiger partial charge in [-0.25, -0.2) is 9.97 Å². The summed E-state index contributed by atoms with van der Waals surface area (Å²) < 4.78 is 0. The first-order valence-electron chi connectivity index (χ1n) is 5.25. The van der Waals surface area contributed by atoms with E-state index in [1.807, 2.05) is 6.07 Å². The molecular weight excluding hydrogens is 188 g/mol. The molecule has 0 fully saturated rings. The van der Waals surface area contributed by atoms with Gasteiger partial charge in [0.2, 0.25) is 0 Å². The molecule has 1 rings (SSSR count). The van der Waals surface area contributed by atoms with Crippen molar-refractivity contribution in [1.29, 1.82) is 5.26 Å². The number of hydrogen-bond donors (Lipinski definition) is 1. The summed E-state index contributed by atoms with van der Waals surface area (Å²) in [7, 11) is 0.